The van der Waals surface area contributed by atoms with Gasteiger partial charge in [-0.1, -0.05) is 13.3 Å². The Kier molecular flexibility index (Phi) is 8.92. The lowest BCUT2D eigenvalue weighted by Gasteiger charge is -2.13. The van der Waals surface area contributed by atoms with E-state index in [1.54, 1.807) is 11.2 Å². The van der Waals surface area contributed by atoms with E-state index < -0.39 is 52.3 Å². The van der Waals surface area contributed by atoms with Crippen molar-refractivity contribution in [2.24, 2.45) is 0 Å². The van der Waals surface area contributed by atoms with E-state index in [2.05, 4.69) is 15.1 Å². The van der Waals surface area contributed by atoms with Gasteiger partial charge >= 0.3 is 12.4 Å². The molecule has 1 unspecified atom stereocenters. The average Bonchev–Trinajstić information content (AvgIpc) is 2.85. The van der Waals surface area contributed by atoms with Crippen LogP contribution in [0.15, 0.2) is 52.6 Å². The van der Waals surface area contributed by atoms with Crippen LogP contribution in [0.4, 0.5) is 30.7 Å². The van der Waals surface area contributed by atoms with Crippen molar-refractivity contribution in [3.05, 3.63) is 80.6 Å². The van der Waals surface area contributed by atoms with Crippen molar-refractivity contribution in [2.45, 2.75) is 44.8 Å². The fraction of sp³-hybridized carbons (Fsp3) is 0.292. The molecule has 1 atom stereocenters. The molecular weight excluding hydrogens is 555 g/mol. The maximum atomic E-state index is 14.5. The molecule has 40 heavy (non-hydrogen) atoms. The molecule has 0 radical (unpaired) electrons. The minimum Gasteiger partial charge on any atom is -0.505 e. The van der Waals surface area contributed by atoms with E-state index >= 15 is 0 Å². The number of aromatic nitrogens is 5. The second kappa shape index (κ2) is 11.8. The average molecular weight is 575 g/mol. The summed E-state index contributed by atoms with van der Waals surface area (Å²) in [5.41, 5.74) is -4.69. The highest BCUT2D eigenvalue weighted by atomic mass is 19.4. The summed E-state index contributed by atoms with van der Waals surface area (Å²) in [6, 6.07) is 3.90. The molecule has 9 nitrogen and oxygen atoms in total. The molecule has 0 spiro atoms. The van der Waals surface area contributed by atoms with E-state index in [1.165, 1.54) is 16.8 Å². The van der Waals surface area contributed by atoms with Crippen LogP contribution in [0.2, 0.25) is 0 Å². The highest BCUT2D eigenvalue weighted by molar-refractivity contribution is 5.85. The van der Waals surface area contributed by atoms with Crippen molar-refractivity contribution >= 4 is 10.8 Å². The van der Waals surface area contributed by atoms with Crippen molar-refractivity contribution in [2.75, 3.05) is 0 Å². The van der Waals surface area contributed by atoms with Crippen LogP contribution in [-0.4, -0.2) is 41.0 Å². The Morgan fingerprint density at radius 3 is 2.20 bits per heavy atom. The highest BCUT2D eigenvalue weighted by Crippen LogP contribution is 2.32. The lowest BCUT2D eigenvalue weighted by atomic mass is 10.1. The van der Waals surface area contributed by atoms with Gasteiger partial charge in [0.25, 0.3) is 11.1 Å². The molecule has 0 bridgehead atoms. The number of aliphatic hydroxyl groups excluding tert-OH is 1. The lowest BCUT2D eigenvalue weighted by molar-refractivity contribution is -0.140. The number of nitrogens with zero attached hydrogens (tertiary/aromatic N) is 4. The van der Waals surface area contributed by atoms with Crippen LogP contribution >= 0.6 is 0 Å². The van der Waals surface area contributed by atoms with Gasteiger partial charge in [0.15, 0.2) is 17.1 Å². The Morgan fingerprint density at radius 2 is 1.68 bits per heavy atom. The number of aromatic amines is 1. The molecule has 3 N–H and O–H groups in total. The zero-order chi connectivity index (χ0) is 29.8. The van der Waals surface area contributed by atoms with Crippen molar-refractivity contribution in [1.82, 2.24) is 24.7 Å². The number of benzene rings is 1. The van der Waals surface area contributed by atoms with Crippen LogP contribution in [0, 0.1) is 5.82 Å². The second-order valence-electron chi connectivity index (χ2n) is 8.39. The van der Waals surface area contributed by atoms with E-state index in [1.807, 2.05) is 6.92 Å². The Labute approximate surface area is 219 Å². The lowest BCUT2D eigenvalue weighted by Crippen LogP contribution is -2.26. The molecular formula is C24H20F7N5O4. The standard InChI is InChI=1S/C19H17F4N3O2.C5H3F3N2O2/c1-2-3-13(27)10-26-5-4-11-6-15(16(20)7-14(11)18(26)28)17-24-8-12(9-25-17)19(21,22)23;6-5(7,8)3-2(11)1-9-10-4(3)12/h4-9,13,27H,2-3,10H2,1H3;1H,(H2,10,11,12). The van der Waals surface area contributed by atoms with Gasteiger partial charge in [-0.3, -0.25) is 9.59 Å². The van der Waals surface area contributed by atoms with Crippen molar-refractivity contribution in [3.8, 4) is 17.1 Å². The number of halogens is 7. The van der Waals surface area contributed by atoms with Crippen LogP contribution in [-0.2, 0) is 18.9 Å². The van der Waals surface area contributed by atoms with Gasteiger partial charge in [-0.15, -0.1) is 0 Å². The number of aliphatic hydroxyl groups is 1. The van der Waals surface area contributed by atoms with Crippen molar-refractivity contribution in [1.29, 1.82) is 0 Å². The van der Waals surface area contributed by atoms with Gasteiger partial charge in [-0.05, 0) is 30.0 Å². The molecule has 0 saturated carbocycles. The third kappa shape index (κ3) is 6.99. The zero-order valence-electron chi connectivity index (χ0n) is 20.4. The molecule has 0 aliphatic carbocycles. The van der Waals surface area contributed by atoms with E-state index in [0.29, 0.717) is 30.4 Å². The number of aromatic hydroxyl groups is 1. The molecule has 4 aromatic rings. The summed E-state index contributed by atoms with van der Waals surface area (Å²) in [5.74, 6) is -2.21. The van der Waals surface area contributed by atoms with Crippen LogP contribution in [0.5, 0.6) is 5.75 Å². The minimum atomic E-state index is -4.86. The number of fused-ring (bicyclic) bond motifs is 1. The minimum absolute atomic E-state index is 0.0913. The number of rotatable bonds is 5. The number of hydrogen-bond donors (Lipinski definition) is 3. The Hall–Kier alpha value is -4.34. The third-order valence-electron chi connectivity index (χ3n) is 5.43. The zero-order valence-corrected chi connectivity index (χ0v) is 20.4. The predicted octanol–water partition coefficient (Wildman–Crippen LogP) is 4.27. The third-order valence-corrected chi connectivity index (χ3v) is 5.43. The van der Waals surface area contributed by atoms with Gasteiger partial charge in [0, 0.05) is 18.6 Å². The van der Waals surface area contributed by atoms with Crippen LogP contribution < -0.4 is 11.1 Å². The smallest absolute Gasteiger partial charge is 0.425 e. The summed E-state index contributed by atoms with van der Waals surface area (Å²) in [5, 5.41) is 23.5. The first-order valence-electron chi connectivity index (χ1n) is 11.4. The predicted molar refractivity (Wildman–Crippen MR) is 127 cm³/mol. The number of nitrogens with one attached hydrogen (secondary N) is 1. The van der Waals surface area contributed by atoms with Gasteiger partial charge in [-0.25, -0.2) is 19.5 Å². The number of H-pyrrole nitrogens is 1. The fourth-order valence-electron chi connectivity index (χ4n) is 3.55. The summed E-state index contributed by atoms with van der Waals surface area (Å²) in [6.45, 7) is 2.00. The molecule has 0 amide bonds. The topological polar surface area (TPSA) is 134 Å². The Morgan fingerprint density at radius 1 is 1.02 bits per heavy atom. The van der Waals surface area contributed by atoms with Crippen LogP contribution in [0.1, 0.15) is 30.9 Å². The Bertz CT molecular complexity index is 1600. The molecule has 3 heterocycles. The van der Waals surface area contributed by atoms with E-state index in [4.69, 9.17) is 5.11 Å². The first kappa shape index (κ1) is 30.2. The van der Waals surface area contributed by atoms with Crippen molar-refractivity contribution in [3.63, 3.8) is 0 Å². The number of alkyl halides is 6. The van der Waals surface area contributed by atoms with Crippen LogP contribution in [0.25, 0.3) is 22.2 Å². The van der Waals surface area contributed by atoms with E-state index in [-0.39, 0.29) is 23.3 Å². The number of hydrogen-bond acceptors (Lipinski definition) is 7. The summed E-state index contributed by atoms with van der Waals surface area (Å²) >= 11 is 0. The first-order valence-corrected chi connectivity index (χ1v) is 11.4. The first-order chi connectivity index (χ1) is 18.6. The molecule has 4 rings (SSSR count). The Balaban J connectivity index is 0.000000307. The molecule has 0 saturated heterocycles. The van der Waals surface area contributed by atoms with E-state index in [0.717, 1.165) is 12.5 Å². The molecule has 1 aromatic carbocycles. The monoisotopic (exact) mass is 575 g/mol. The maximum Gasteiger partial charge on any atom is 0.425 e. The van der Waals surface area contributed by atoms with Crippen molar-refractivity contribution < 1.29 is 40.9 Å². The normalized spacial score (nSPS) is 12.6. The summed E-state index contributed by atoms with van der Waals surface area (Å²) in [6.07, 6.45) is -5.68. The van der Waals surface area contributed by atoms with Gasteiger partial charge in [-0.2, -0.15) is 31.4 Å². The fourth-order valence-corrected chi connectivity index (χ4v) is 3.55. The summed E-state index contributed by atoms with van der Waals surface area (Å²) < 4.78 is 89.4. The summed E-state index contributed by atoms with van der Waals surface area (Å²) in [7, 11) is 0. The molecule has 0 aliphatic rings. The van der Waals surface area contributed by atoms with Gasteiger partial charge in [0.1, 0.15) is 5.82 Å². The summed E-state index contributed by atoms with van der Waals surface area (Å²) in [4.78, 5) is 30.2. The molecule has 16 heteroatoms. The highest BCUT2D eigenvalue weighted by Gasteiger charge is 2.37. The quantitative estimate of drug-likeness (QED) is 0.303. The maximum absolute atomic E-state index is 14.5. The molecule has 3 aromatic heterocycles. The van der Waals surface area contributed by atoms with Gasteiger partial charge in [0.2, 0.25) is 0 Å². The van der Waals surface area contributed by atoms with Crippen LogP contribution in [0.3, 0.4) is 0 Å². The van der Waals surface area contributed by atoms with Gasteiger partial charge < -0.3 is 14.8 Å². The largest absolute Gasteiger partial charge is 0.505 e. The van der Waals surface area contributed by atoms with E-state index in [9.17, 15) is 45.4 Å². The molecule has 0 fully saturated rings. The van der Waals surface area contributed by atoms with Gasteiger partial charge in [0.05, 0.1) is 35.4 Å². The molecule has 0 aliphatic heterocycles. The molecule has 214 valence electrons. The number of pyridine rings is 1. The SMILES string of the molecule is CCCC(O)Cn1ccc2cc(-c3ncc(C(F)(F)F)cn3)c(F)cc2c1=O.O=c1[nH]ncc(O)c1C(F)(F)F. The second-order valence-corrected chi connectivity index (χ2v) is 8.39.